The maximum absolute atomic E-state index is 5.85. The zero-order valence-electron chi connectivity index (χ0n) is 6.55. The maximum Gasteiger partial charge on any atom is 0.126 e. The third-order valence-corrected chi connectivity index (χ3v) is 2.72. The smallest absolute Gasteiger partial charge is 0.126 e. The maximum atomic E-state index is 5.85. The number of hydrogen-bond donors (Lipinski definition) is 0. The number of aryl methyl sites for hydroxylation is 1. The highest BCUT2D eigenvalue weighted by atomic mass is 35.5. The van der Waals surface area contributed by atoms with Crippen LogP contribution >= 0.6 is 11.6 Å². The van der Waals surface area contributed by atoms with E-state index in [4.69, 9.17) is 11.6 Å². The summed E-state index contributed by atoms with van der Waals surface area (Å²) in [6.07, 6.45) is 3.92. The normalized spacial score (nSPS) is 18.4. The number of nitrogens with zero attached hydrogens (tertiary/aromatic N) is 2. The number of hydrogen-bond acceptors (Lipinski definition) is 1. The van der Waals surface area contributed by atoms with Gasteiger partial charge in [0.2, 0.25) is 0 Å². The second-order valence-corrected chi connectivity index (χ2v) is 3.53. The van der Waals surface area contributed by atoms with Crippen LogP contribution in [0.4, 0.5) is 0 Å². The van der Waals surface area contributed by atoms with Crippen LogP contribution in [0.3, 0.4) is 0 Å². The summed E-state index contributed by atoms with van der Waals surface area (Å²) in [5.74, 6) is 0.689. The molecule has 0 aromatic carbocycles. The Morgan fingerprint density at radius 1 is 1.64 bits per heavy atom. The van der Waals surface area contributed by atoms with Crippen molar-refractivity contribution in [2.45, 2.75) is 25.2 Å². The molecule has 1 saturated carbocycles. The fourth-order valence-electron chi connectivity index (χ4n) is 1.37. The molecule has 11 heavy (non-hydrogen) atoms. The quantitative estimate of drug-likeness (QED) is 0.633. The van der Waals surface area contributed by atoms with E-state index in [1.54, 1.807) is 4.68 Å². The molecule has 0 radical (unpaired) electrons. The van der Waals surface area contributed by atoms with Crippen molar-refractivity contribution in [3.05, 3.63) is 16.9 Å². The van der Waals surface area contributed by atoms with E-state index in [0.29, 0.717) is 5.92 Å². The van der Waals surface area contributed by atoms with Gasteiger partial charge in [-0.25, -0.2) is 0 Å². The summed E-state index contributed by atoms with van der Waals surface area (Å²) in [5.41, 5.74) is 1.17. The van der Waals surface area contributed by atoms with Gasteiger partial charge in [0.15, 0.2) is 0 Å². The summed E-state index contributed by atoms with van der Waals surface area (Å²) in [5, 5.41) is 5.06. The summed E-state index contributed by atoms with van der Waals surface area (Å²) in [6.45, 7) is 0. The highest BCUT2D eigenvalue weighted by molar-refractivity contribution is 6.29. The molecule has 0 unspecified atom stereocenters. The van der Waals surface area contributed by atoms with Crippen molar-refractivity contribution < 1.29 is 0 Å². The first kappa shape index (κ1) is 7.17. The van der Waals surface area contributed by atoms with E-state index in [-0.39, 0.29) is 0 Å². The minimum atomic E-state index is 0.689. The molecule has 2 nitrogen and oxygen atoms in total. The highest BCUT2D eigenvalue weighted by Crippen LogP contribution is 2.36. The molecule has 1 aromatic rings. The molecule has 0 aliphatic heterocycles. The van der Waals surface area contributed by atoms with Crippen molar-refractivity contribution in [2.24, 2.45) is 7.05 Å². The third-order valence-electron chi connectivity index (χ3n) is 2.37. The molecule has 0 N–H and O–H groups in total. The van der Waals surface area contributed by atoms with Gasteiger partial charge in [-0.05, 0) is 18.9 Å². The predicted molar refractivity (Wildman–Crippen MR) is 44.8 cm³/mol. The van der Waals surface area contributed by atoms with E-state index < -0.39 is 0 Å². The van der Waals surface area contributed by atoms with Gasteiger partial charge in [0, 0.05) is 13.0 Å². The zero-order chi connectivity index (χ0) is 7.84. The van der Waals surface area contributed by atoms with Gasteiger partial charge in [-0.15, -0.1) is 0 Å². The van der Waals surface area contributed by atoms with Crippen LogP contribution < -0.4 is 0 Å². The highest BCUT2D eigenvalue weighted by Gasteiger charge is 2.22. The first-order chi connectivity index (χ1) is 5.27. The van der Waals surface area contributed by atoms with E-state index in [0.717, 1.165) is 5.15 Å². The van der Waals surface area contributed by atoms with Crippen LogP contribution in [0, 0.1) is 0 Å². The van der Waals surface area contributed by atoms with Crippen LogP contribution in [-0.4, -0.2) is 9.78 Å². The van der Waals surface area contributed by atoms with Gasteiger partial charge in [-0.1, -0.05) is 18.0 Å². The third kappa shape index (κ3) is 1.16. The lowest BCUT2D eigenvalue weighted by Gasteiger charge is -2.22. The average Bonchev–Trinajstić information content (AvgIpc) is 2.08. The molecular weight excluding hydrogens is 160 g/mol. The van der Waals surface area contributed by atoms with Gasteiger partial charge in [0.05, 0.1) is 5.69 Å². The summed E-state index contributed by atoms with van der Waals surface area (Å²) in [6, 6.07) is 1.98. The van der Waals surface area contributed by atoms with Crippen LogP contribution in [0.15, 0.2) is 6.07 Å². The summed E-state index contributed by atoms with van der Waals surface area (Å²) in [7, 11) is 1.88. The molecule has 1 aliphatic carbocycles. The van der Waals surface area contributed by atoms with Crippen LogP contribution in [-0.2, 0) is 7.05 Å². The Balaban J connectivity index is 2.24. The van der Waals surface area contributed by atoms with Crippen molar-refractivity contribution in [3.63, 3.8) is 0 Å². The van der Waals surface area contributed by atoms with E-state index in [1.807, 2.05) is 13.1 Å². The molecule has 1 aromatic heterocycles. The Hall–Kier alpha value is -0.500. The first-order valence-corrected chi connectivity index (χ1v) is 4.34. The molecule has 0 saturated heterocycles. The SMILES string of the molecule is Cn1nc(C2CCC2)cc1Cl. The monoisotopic (exact) mass is 170 g/mol. The van der Waals surface area contributed by atoms with E-state index in [1.165, 1.54) is 25.0 Å². The molecule has 0 atom stereocenters. The summed E-state index contributed by atoms with van der Waals surface area (Å²) >= 11 is 5.85. The largest absolute Gasteiger partial charge is 0.257 e. The standard InChI is InChI=1S/C8H11ClN2/c1-11-8(9)5-7(10-11)6-3-2-4-6/h5-6H,2-4H2,1H3. The molecule has 0 amide bonds. The molecule has 0 bridgehead atoms. The second-order valence-electron chi connectivity index (χ2n) is 3.14. The summed E-state index contributed by atoms with van der Waals surface area (Å²) < 4.78 is 1.73. The van der Waals surface area contributed by atoms with E-state index in [2.05, 4.69) is 5.10 Å². The van der Waals surface area contributed by atoms with Crippen LogP contribution in [0.2, 0.25) is 5.15 Å². The lowest BCUT2D eigenvalue weighted by molar-refractivity contribution is 0.408. The van der Waals surface area contributed by atoms with Gasteiger partial charge in [-0.3, -0.25) is 4.68 Å². The Labute approximate surface area is 71.2 Å². The van der Waals surface area contributed by atoms with Crippen molar-refractivity contribution in [2.75, 3.05) is 0 Å². The van der Waals surface area contributed by atoms with Crippen LogP contribution in [0.25, 0.3) is 0 Å². The lowest BCUT2D eigenvalue weighted by atomic mass is 9.83. The molecule has 1 aliphatic rings. The molecule has 2 rings (SSSR count). The summed E-state index contributed by atoms with van der Waals surface area (Å²) in [4.78, 5) is 0. The van der Waals surface area contributed by atoms with Crippen molar-refractivity contribution in [1.29, 1.82) is 0 Å². The van der Waals surface area contributed by atoms with Gasteiger partial charge >= 0.3 is 0 Å². The fourth-order valence-corrected chi connectivity index (χ4v) is 1.52. The Morgan fingerprint density at radius 2 is 2.36 bits per heavy atom. The number of aromatic nitrogens is 2. The first-order valence-electron chi connectivity index (χ1n) is 3.97. The molecular formula is C8H11ClN2. The Kier molecular flexibility index (Phi) is 1.64. The second kappa shape index (κ2) is 2.52. The van der Waals surface area contributed by atoms with Crippen LogP contribution in [0.5, 0.6) is 0 Å². The van der Waals surface area contributed by atoms with Crippen molar-refractivity contribution >= 4 is 11.6 Å². The van der Waals surface area contributed by atoms with E-state index >= 15 is 0 Å². The Bertz CT molecular complexity index is 244. The lowest BCUT2D eigenvalue weighted by Crippen LogP contribution is -2.09. The average molecular weight is 171 g/mol. The molecule has 3 heteroatoms. The van der Waals surface area contributed by atoms with Gasteiger partial charge in [-0.2, -0.15) is 5.10 Å². The molecule has 1 heterocycles. The minimum absolute atomic E-state index is 0.689. The Morgan fingerprint density at radius 3 is 2.73 bits per heavy atom. The van der Waals surface area contributed by atoms with Crippen molar-refractivity contribution in [3.8, 4) is 0 Å². The minimum Gasteiger partial charge on any atom is -0.257 e. The van der Waals surface area contributed by atoms with Gasteiger partial charge in [0.1, 0.15) is 5.15 Å². The van der Waals surface area contributed by atoms with E-state index in [9.17, 15) is 0 Å². The fraction of sp³-hybridized carbons (Fsp3) is 0.625. The molecule has 1 fully saturated rings. The van der Waals surface area contributed by atoms with Gasteiger partial charge in [0.25, 0.3) is 0 Å². The predicted octanol–water partition coefficient (Wildman–Crippen LogP) is 2.34. The van der Waals surface area contributed by atoms with Gasteiger partial charge < -0.3 is 0 Å². The number of halogens is 1. The van der Waals surface area contributed by atoms with Crippen LogP contribution in [0.1, 0.15) is 30.9 Å². The molecule has 60 valence electrons. The molecule has 0 spiro atoms. The van der Waals surface area contributed by atoms with Crippen molar-refractivity contribution in [1.82, 2.24) is 9.78 Å². The zero-order valence-corrected chi connectivity index (χ0v) is 7.30. The number of rotatable bonds is 1. The topological polar surface area (TPSA) is 17.8 Å².